The number of hydrogen-bond donors (Lipinski definition) is 1. The summed E-state index contributed by atoms with van der Waals surface area (Å²) in [5.41, 5.74) is 5.73. The molecule has 1 nitrogen and oxygen atoms in total. The van der Waals surface area contributed by atoms with Crippen LogP contribution in [0.2, 0.25) is 0 Å². The first-order chi connectivity index (χ1) is 6.91. The third-order valence-corrected chi connectivity index (χ3v) is 2.60. The van der Waals surface area contributed by atoms with Gasteiger partial charge in [0.1, 0.15) is 11.6 Å². The molecule has 0 bridgehead atoms. The van der Waals surface area contributed by atoms with Gasteiger partial charge in [-0.3, -0.25) is 0 Å². The van der Waals surface area contributed by atoms with Crippen LogP contribution in [0, 0.1) is 17.6 Å². The van der Waals surface area contributed by atoms with Crippen LogP contribution in [0.25, 0.3) is 0 Å². The van der Waals surface area contributed by atoms with E-state index in [-0.39, 0.29) is 5.56 Å². The minimum Gasteiger partial charge on any atom is -0.324 e. The summed E-state index contributed by atoms with van der Waals surface area (Å²) < 4.78 is 27.3. The Morgan fingerprint density at radius 2 is 1.73 bits per heavy atom. The molecule has 0 aliphatic carbocycles. The molecular weight excluding hydrogens is 264 g/mol. The predicted octanol–water partition coefficient (Wildman–Crippen LogP) is 3.77. The molecule has 2 N–H and O–H groups in total. The normalized spacial score (nSPS) is 13.3. The first kappa shape index (κ1) is 12.6. The summed E-state index contributed by atoms with van der Waals surface area (Å²) in [5.74, 6) is -0.868. The highest BCUT2D eigenvalue weighted by atomic mass is 79.9. The molecule has 0 saturated heterocycles. The molecule has 1 rings (SSSR count). The molecule has 0 unspecified atom stereocenters. The Bertz CT molecular complexity index is 329. The summed E-state index contributed by atoms with van der Waals surface area (Å²) in [7, 11) is 0. The fraction of sp³-hybridized carbons (Fsp3) is 0.455. The summed E-state index contributed by atoms with van der Waals surface area (Å²) in [5, 5.41) is 0. The Kier molecular flexibility index (Phi) is 4.22. The fourth-order valence-electron chi connectivity index (χ4n) is 1.53. The van der Waals surface area contributed by atoms with E-state index in [1.54, 1.807) is 0 Å². The van der Waals surface area contributed by atoms with Crippen molar-refractivity contribution in [3.63, 3.8) is 0 Å². The fourth-order valence-corrected chi connectivity index (χ4v) is 1.94. The van der Waals surface area contributed by atoms with Crippen LogP contribution in [-0.4, -0.2) is 0 Å². The van der Waals surface area contributed by atoms with Crippen LogP contribution in [0.15, 0.2) is 16.6 Å². The second-order valence-corrected chi connectivity index (χ2v) is 4.93. The second-order valence-electron chi connectivity index (χ2n) is 4.02. The van der Waals surface area contributed by atoms with Gasteiger partial charge in [-0.25, -0.2) is 8.78 Å². The van der Waals surface area contributed by atoms with Gasteiger partial charge in [-0.2, -0.15) is 0 Å². The summed E-state index contributed by atoms with van der Waals surface area (Å²) >= 11 is 3.03. The van der Waals surface area contributed by atoms with Gasteiger partial charge in [-0.05, 0) is 24.5 Å². The maximum Gasteiger partial charge on any atom is 0.132 e. The van der Waals surface area contributed by atoms with Crippen molar-refractivity contribution >= 4 is 15.9 Å². The maximum atomic E-state index is 13.5. The second kappa shape index (κ2) is 5.03. The van der Waals surface area contributed by atoms with Crippen LogP contribution < -0.4 is 5.73 Å². The highest BCUT2D eigenvalue weighted by molar-refractivity contribution is 9.10. The van der Waals surface area contributed by atoms with Crippen LogP contribution in [-0.2, 0) is 0 Å². The molecule has 1 atom stereocenters. The van der Waals surface area contributed by atoms with Crippen molar-refractivity contribution in [3.8, 4) is 0 Å². The molecule has 0 aliphatic heterocycles. The SMILES string of the molecule is CC(C)C[C@H](N)c1c(F)cc(Br)cc1F. The third kappa shape index (κ3) is 3.24. The molecule has 1 aromatic rings. The average molecular weight is 278 g/mol. The molecule has 15 heavy (non-hydrogen) atoms. The molecule has 0 aromatic heterocycles. The summed E-state index contributed by atoms with van der Waals surface area (Å²) in [6.45, 7) is 3.93. The number of rotatable bonds is 3. The molecule has 0 fully saturated rings. The van der Waals surface area contributed by atoms with Crippen molar-refractivity contribution in [2.45, 2.75) is 26.3 Å². The standard InChI is InChI=1S/C11H14BrF2N/c1-6(2)3-10(15)11-8(13)4-7(12)5-9(11)14/h4-6,10H,3,15H2,1-2H3/t10-/m0/s1. The van der Waals surface area contributed by atoms with Gasteiger partial charge in [-0.1, -0.05) is 29.8 Å². The molecule has 4 heteroatoms. The maximum absolute atomic E-state index is 13.5. The van der Waals surface area contributed by atoms with Gasteiger partial charge in [0.2, 0.25) is 0 Å². The predicted molar refractivity (Wildman–Crippen MR) is 60.4 cm³/mol. The Hall–Kier alpha value is -0.480. The minimum atomic E-state index is -0.588. The molecule has 0 aliphatic rings. The van der Waals surface area contributed by atoms with Crippen LogP contribution in [0.5, 0.6) is 0 Å². The molecule has 0 radical (unpaired) electrons. The molecule has 0 saturated carbocycles. The van der Waals surface area contributed by atoms with E-state index in [0.717, 1.165) is 0 Å². The van der Waals surface area contributed by atoms with E-state index in [4.69, 9.17) is 5.73 Å². The number of benzene rings is 1. The van der Waals surface area contributed by atoms with E-state index in [1.165, 1.54) is 12.1 Å². The Balaban J connectivity index is 3.03. The number of halogens is 3. The number of hydrogen-bond acceptors (Lipinski definition) is 1. The van der Waals surface area contributed by atoms with E-state index in [9.17, 15) is 8.78 Å². The summed E-state index contributed by atoms with van der Waals surface area (Å²) in [6.07, 6.45) is 0.565. The first-order valence-electron chi connectivity index (χ1n) is 4.81. The zero-order valence-corrected chi connectivity index (χ0v) is 10.3. The van der Waals surface area contributed by atoms with Gasteiger partial charge in [0, 0.05) is 16.1 Å². The van der Waals surface area contributed by atoms with Gasteiger partial charge in [0.05, 0.1) is 0 Å². The molecule has 1 aromatic carbocycles. The van der Waals surface area contributed by atoms with Gasteiger partial charge in [-0.15, -0.1) is 0 Å². The summed E-state index contributed by atoms with van der Waals surface area (Å²) in [4.78, 5) is 0. The number of nitrogens with two attached hydrogens (primary N) is 1. The third-order valence-electron chi connectivity index (χ3n) is 2.14. The molecule has 84 valence electrons. The lowest BCUT2D eigenvalue weighted by Gasteiger charge is -2.16. The smallest absolute Gasteiger partial charge is 0.132 e. The molecule has 0 amide bonds. The van der Waals surface area contributed by atoms with E-state index >= 15 is 0 Å². The minimum absolute atomic E-state index is 0.0214. The van der Waals surface area contributed by atoms with Crippen LogP contribution >= 0.6 is 15.9 Å². The lowest BCUT2D eigenvalue weighted by atomic mass is 9.97. The molecule has 0 spiro atoms. The highest BCUT2D eigenvalue weighted by Gasteiger charge is 2.18. The monoisotopic (exact) mass is 277 g/mol. The first-order valence-corrected chi connectivity index (χ1v) is 5.61. The van der Waals surface area contributed by atoms with Crippen molar-refractivity contribution in [3.05, 3.63) is 33.8 Å². The van der Waals surface area contributed by atoms with Crippen molar-refractivity contribution in [2.24, 2.45) is 11.7 Å². The van der Waals surface area contributed by atoms with E-state index in [0.29, 0.717) is 16.8 Å². The molecular formula is C11H14BrF2N. The van der Waals surface area contributed by atoms with Crippen molar-refractivity contribution in [1.82, 2.24) is 0 Å². The van der Waals surface area contributed by atoms with E-state index < -0.39 is 17.7 Å². The van der Waals surface area contributed by atoms with Crippen LogP contribution in [0.3, 0.4) is 0 Å². The summed E-state index contributed by atoms with van der Waals surface area (Å²) in [6, 6.07) is 1.88. The van der Waals surface area contributed by atoms with Gasteiger partial charge in [0.25, 0.3) is 0 Å². The quantitative estimate of drug-likeness (QED) is 0.894. The lowest BCUT2D eigenvalue weighted by Crippen LogP contribution is -2.16. The highest BCUT2D eigenvalue weighted by Crippen LogP contribution is 2.27. The Morgan fingerprint density at radius 1 is 1.27 bits per heavy atom. The van der Waals surface area contributed by atoms with Crippen LogP contribution in [0.4, 0.5) is 8.78 Å². The largest absolute Gasteiger partial charge is 0.324 e. The van der Waals surface area contributed by atoms with Crippen molar-refractivity contribution in [2.75, 3.05) is 0 Å². The van der Waals surface area contributed by atoms with E-state index in [2.05, 4.69) is 15.9 Å². The Morgan fingerprint density at radius 3 is 2.13 bits per heavy atom. The van der Waals surface area contributed by atoms with E-state index in [1.807, 2.05) is 13.8 Å². The van der Waals surface area contributed by atoms with Crippen LogP contribution in [0.1, 0.15) is 31.9 Å². The zero-order valence-electron chi connectivity index (χ0n) is 8.73. The van der Waals surface area contributed by atoms with Gasteiger partial charge >= 0.3 is 0 Å². The lowest BCUT2D eigenvalue weighted by molar-refractivity contribution is 0.463. The van der Waals surface area contributed by atoms with Gasteiger partial charge < -0.3 is 5.73 Å². The molecule has 0 heterocycles. The Labute approximate surface area is 96.8 Å². The zero-order chi connectivity index (χ0) is 11.6. The van der Waals surface area contributed by atoms with Crippen molar-refractivity contribution < 1.29 is 8.78 Å². The van der Waals surface area contributed by atoms with Gasteiger partial charge in [0.15, 0.2) is 0 Å². The van der Waals surface area contributed by atoms with Crippen molar-refractivity contribution in [1.29, 1.82) is 0 Å². The average Bonchev–Trinajstić information content (AvgIpc) is 1.99. The topological polar surface area (TPSA) is 26.0 Å².